The maximum atomic E-state index is 13.2. The lowest BCUT2D eigenvalue weighted by molar-refractivity contribution is 0.625. The molecular formula is C14H12Cl2F2N2. The van der Waals surface area contributed by atoms with E-state index in [0.717, 1.165) is 0 Å². The van der Waals surface area contributed by atoms with Crippen LogP contribution in [0.5, 0.6) is 0 Å². The molecule has 0 fully saturated rings. The average molecular weight is 317 g/mol. The van der Waals surface area contributed by atoms with Crippen LogP contribution < -0.4 is 11.1 Å². The smallest absolute Gasteiger partial charge is 0.141 e. The Morgan fingerprint density at radius 2 is 1.80 bits per heavy atom. The number of halogens is 4. The van der Waals surface area contributed by atoms with Crippen LogP contribution in [0.25, 0.3) is 0 Å². The average Bonchev–Trinajstić information content (AvgIpc) is 2.43. The minimum atomic E-state index is -0.505. The second-order valence-corrected chi connectivity index (χ2v) is 5.04. The summed E-state index contributed by atoms with van der Waals surface area (Å²) in [5.41, 5.74) is 6.81. The first kappa shape index (κ1) is 15.0. The molecule has 0 saturated heterocycles. The SMILES string of the molecule is NCC(Nc1cc(F)ccc1Cl)c1ccc(F)c(Cl)c1. The zero-order chi connectivity index (χ0) is 14.7. The van der Waals surface area contributed by atoms with Gasteiger partial charge < -0.3 is 11.1 Å². The van der Waals surface area contributed by atoms with Gasteiger partial charge in [0.15, 0.2) is 0 Å². The molecule has 1 unspecified atom stereocenters. The van der Waals surface area contributed by atoms with E-state index in [1.165, 1.54) is 30.3 Å². The lowest BCUT2D eigenvalue weighted by Gasteiger charge is -2.20. The number of nitrogens with two attached hydrogens (primary N) is 1. The van der Waals surface area contributed by atoms with E-state index in [1.807, 2.05) is 0 Å². The lowest BCUT2D eigenvalue weighted by Crippen LogP contribution is -2.21. The third-order valence-corrected chi connectivity index (χ3v) is 3.46. The van der Waals surface area contributed by atoms with Crippen LogP contribution in [0.4, 0.5) is 14.5 Å². The van der Waals surface area contributed by atoms with Crippen molar-refractivity contribution in [2.45, 2.75) is 6.04 Å². The van der Waals surface area contributed by atoms with Gasteiger partial charge in [-0.1, -0.05) is 29.3 Å². The molecule has 0 amide bonds. The Balaban J connectivity index is 2.28. The van der Waals surface area contributed by atoms with Crippen LogP contribution in [-0.2, 0) is 0 Å². The molecule has 0 bridgehead atoms. The Kier molecular flexibility index (Phi) is 4.81. The van der Waals surface area contributed by atoms with E-state index in [0.29, 0.717) is 16.3 Å². The molecule has 0 heterocycles. The first-order valence-corrected chi connectivity index (χ1v) is 6.63. The van der Waals surface area contributed by atoms with Crippen molar-refractivity contribution in [1.29, 1.82) is 0 Å². The second-order valence-electron chi connectivity index (χ2n) is 4.23. The van der Waals surface area contributed by atoms with Crippen molar-refractivity contribution in [2.24, 2.45) is 5.73 Å². The fraction of sp³-hybridized carbons (Fsp3) is 0.143. The van der Waals surface area contributed by atoms with Crippen LogP contribution >= 0.6 is 23.2 Å². The topological polar surface area (TPSA) is 38.0 Å². The van der Waals surface area contributed by atoms with E-state index >= 15 is 0 Å². The van der Waals surface area contributed by atoms with E-state index in [9.17, 15) is 8.78 Å². The Labute approximate surface area is 125 Å². The summed E-state index contributed by atoms with van der Waals surface area (Å²) in [6.07, 6.45) is 0. The largest absolute Gasteiger partial charge is 0.376 e. The Morgan fingerprint density at radius 1 is 1.05 bits per heavy atom. The Bertz CT molecular complexity index is 620. The molecule has 2 aromatic carbocycles. The molecule has 106 valence electrons. The minimum Gasteiger partial charge on any atom is -0.376 e. The first-order valence-electron chi connectivity index (χ1n) is 5.88. The highest BCUT2D eigenvalue weighted by atomic mass is 35.5. The molecular weight excluding hydrogens is 305 g/mol. The van der Waals surface area contributed by atoms with Gasteiger partial charge in [0.1, 0.15) is 11.6 Å². The number of benzene rings is 2. The second kappa shape index (κ2) is 6.39. The van der Waals surface area contributed by atoms with Gasteiger partial charge in [-0.3, -0.25) is 0 Å². The fourth-order valence-corrected chi connectivity index (χ4v) is 2.16. The van der Waals surface area contributed by atoms with Crippen LogP contribution in [-0.4, -0.2) is 6.54 Å². The van der Waals surface area contributed by atoms with E-state index in [2.05, 4.69) is 5.32 Å². The maximum Gasteiger partial charge on any atom is 0.141 e. The molecule has 20 heavy (non-hydrogen) atoms. The molecule has 2 rings (SSSR count). The summed E-state index contributed by atoms with van der Waals surface area (Å²) >= 11 is 11.7. The zero-order valence-corrected chi connectivity index (χ0v) is 11.8. The van der Waals surface area contributed by atoms with Crippen molar-refractivity contribution in [2.75, 3.05) is 11.9 Å². The van der Waals surface area contributed by atoms with Gasteiger partial charge in [0, 0.05) is 6.54 Å². The normalized spacial score (nSPS) is 12.2. The number of hydrogen-bond acceptors (Lipinski definition) is 2. The summed E-state index contributed by atoms with van der Waals surface area (Å²) < 4.78 is 26.4. The number of anilines is 1. The molecule has 0 saturated carbocycles. The first-order chi connectivity index (χ1) is 9.51. The Morgan fingerprint density at radius 3 is 2.45 bits per heavy atom. The molecule has 3 N–H and O–H groups in total. The van der Waals surface area contributed by atoms with Crippen molar-refractivity contribution >= 4 is 28.9 Å². The quantitative estimate of drug-likeness (QED) is 0.878. The highest BCUT2D eigenvalue weighted by Crippen LogP contribution is 2.28. The van der Waals surface area contributed by atoms with Crippen LogP contribution in [0.2, 0.25) is 10.0 Å². The van der Waals surface area contributed by atoms with Gasteiger partial charge in [-0.2, -0.15) is 0 Å². The van der Waals surface area contributed by atoms with Crippen LogP contribution in [0.3, 0.4) is 0 Å². The molecule has 0 aliphatic rings. The summed E-state index contributed by atoms with van der Waals surface area (Å²) in [4.78, 5) is 0. The molecule has 0 aromatic heterocycles. The van der Waals surface area contributed by atoms with E-state index in [1.54, 1.807) is 6.07 Å². The summed E-state index contributed by atoms with van der Waals surface area (Å²) in [6.45, 7) is 0.217. The number of rotatable bonds is 4. The van der Waals surface area contributed by atoms with Gasteiger partial charge in [-0.05, 0) is 35.9 Å². The van der Waals surface area contributed by atoms with Crippen molar-refractivity contribution in [1.82, 2.24) is 0 Å². The van der Waals surface area contributed by atoms with E-state index in [4.69, 9.17) is 28.9 Å². The summed E-state index contributed by atoms with van der Waals surface area (Å²) in [5.74, 6) is -0.917. The van der Waals surface area contributed by atoms with Gasteiger partial charge in [0.25, 0.3) is 0 Å². The molecule has 0 spiro atoms. The standard InChI is InChI=1S/C14H12Cl2F2N2/c15-10-3-2-9(17)6-13(10)20-14(7-19)8-1-4-12(18)11(16)5-8/h1-6,14,20H,7,19H2. The third kappa shape index (κ3) is 3.39. The van der Waals surface area contributed by atoms with E-state index < -0.39 is 11.6 Å². The van der Waals surface area contributed by atoms with Gasteiger partial charge in [0.2, 0.25) is 0 Å². The number of hydrogen-bond donors (Lipinski definition) is 2. The van der Waals surface area contributed by atoms with Crippen LogP contribution in [0, 0.1) is 11.6 Å². The maximum absolute atomic E-state index is 13.2. The molecule has 1 atom stereocenters. The summed E-state index contributed by atoms with van der Waals surface area (Å²) in [6, 6.07) is 7.94. The highest BCUT2D eigenvalue weighted by molar-refractivity contribution is 6.33. The van der Waals surface area contributed by atoms with Crippen LogP contribution in [0.1, 0.15) is 11.6 Å². The molecule has 6 heteroatoms. The van der Waals surface area contributed by atoms with Gasteiger partial charge >= 0.3 is 0 Å². The lowest BCUT2D eigenvalue weighted by atomic mass is 10.1. The van der Waals surface area contributed by atoms with Crippen molar-refractivity contribution < 1.29 is 8.78 Å². The molecule has 2 aromatic rings. The summed E-state index contributed by atoms with van der Waals surface area (Å²) in [7, 11) is 0. The fourth-order valence-electron chi connectivity index (χ4n) is 1.80. The van der Waals surface area contributed by atoms with E-state index in [-0.39, 0.29) is 17.6 Å². The predicted molar refractivity (Wildman–Crippen MR) is 78.2 cm³/mol. The molecule has 2 nitrogen and oxygen atoms in total. The third-order valence-electron chi connectivity index (χ3n) is 2.84. The van der Waals surface area contributed by atoms with Gasteiger partial charge in [-0.25, -0.2) is 8.78 Å². The number of nitrogens with one attached hydrogen (secondary N) is 1. The van der Waals surface area contributed by atoms with Gasteiger partial charge in [0.05, 0.1) is 21.8 Å². The zero-order valence-electron chi connectivity index (χ0n) is 10.3. The van der Waals surface area contributed by atoms with Gasteiger partial charge in [-0.15, -0.1) is 0 Å². The van der Waals surface area contributed by atoms with Crippen molar-refractivity contribution in [3.63, 3.8) is 0 Å². The predicted octanol–water partition coefficient (Wildman–Crippen LogP) is 4.38. The Hall–Kier alpha value is -1.36. The van der Waals surface area contributed by atoms with Crippen molar-refractivity contribution in [3.8, 4) is 0 Å². The van der Waals surface area contributed by atoms with Crippen molar-refractivity contribution in [3.05, 3.63) is 63.6 Å². The molecule has 0 aliphatic carbocycles. The van der Waals surface area contributed by atoms with Crippen LogP contribution in [0.15, 0.2) is 36.4 Å². The molecule has 0 radical (unpaired) electrons. The summed E-state index contributed by atoms with van der Waals surface area (Å²) in [5, 5.41) is 3.40. The monoisotopic (exact) mass is 316 g/mol. The molecule has 0 aliphatic heterocycles. The minimum absolute atomic E-state index is 0.00749. The highest BCUT2D eigenvalue weighted by Gasteiger charge is 2.13.